The molecule has 1 amide bonds. The fraction of sp³-hybridized carbons (Fsp3) is 0.444. The number of rotatable bonds is 7. The molecule has 0 unspecified atom stereocenters. The Morgan fingerprint density at radius 3 is 2.35 bits per heavy atom. The van der Waals surface area contributed by atoms with Crippen molar-refractivity contribution in [2.45, 2.75) is 40.5 Å². The smallest absolute Gasteiger partial charge is 0.224 e. The first-order chi connectivity index (χ1) is 11.0. The van der Waals surface area contributed by atoms with Crippen LogP contribution in [-0.4, -0.2) is 24.0 Å². The number of anilines is 2. The predicted octanol–water partition coefficient (Wildman–Crippen LogP) is 4.18. The molecule has 2 aromatic rings. The third kappa shape index (κ3) is 4.79. The van der Waals surface area contributed by atoms with Crippen molar-refractivity contribution in [2.24, 2.45) is 0 Å². The number of thiazole rings is 1. The van der Waals surface area contributed by atoms with Gasteiger partial charge in [-0.05, 0) is 52.0 Å². The molecule has 0 atom stereocenters. The van der Waals surface area contributed by atoms with E-state index in [0.717, 1.165) is 29.5 Å². The first-order valence-electron chi connectivity index (χ1n) is 8.11. The molecule has 1 N–H and O–H groups in total. The second kappa shape index (κ2) is 8.11. The summed E-state index contributed by atoms with van der Waals surface area (Å²) in [5, 5.41) is 3.99. The molecule has 1 aromatic heterocycles. The number of hydrogen-bond donors (Lipinski definition) is 1. The molecule has 23 heavy (non-hydrogen) atoms. The van der Waals surface area contributed by atoms with E-state index >= 15 is 0 Å². The summed E-state index contributed by atoms with van der Waals surface area (Å²) < 4.78 is 0. The van der Waals surface area contributed by atoms with Crippen molar-refractivity contribution >= 4 is 28.6 Å². The number of amides is 1. The van der Waals surface area contributed by atoms with Crippen LogP contribution >= 0.6 is 11.3 Å². The van der Waals surface area contributed by atoms with E-state index in [1.165, 1.54) is 10.6 Å². The highest BCUT2D eigenvalue weighted by Gasteiger charge is 2.08. The Morgan fingerprint density at radius 2 is 1.83 bits per heavy atom. The first kappa shape index (κ1) is 17.5. The lowest BCUT2D eigenvalue weighted by Crippen LogP contribution is -2.21. The summed E-state index contributed by atoms with van der Waals surface area (Å²) >= 11 is 1.68. The van der Waals surface area contributed by atoms with Crippen LogP contribution in [0, 0.1) is 13.8 Å². The summed E-state index contributed by atoms with van der Waals surface area (Å²) in [5.41, 5.74) is 3.09. The number of aromatic nitrogens is 1. The number of hydrogen-bond acceptors (Lipinski definition) is 4. The van der Waals surface area contributed by atoms with Crippen LogP contribution in [0.15, 0.2) is 24.3 Å². The zero-order valence-corrected chi connectivity index (χ0v) is 15.2. The summed E-state index contributed by atoms with van der Waals surface area (Å²) in [4.78, 5) is 20.0. The van der Waals surface area contributed by atoms with Crippen molar-refractivity contribution in [3.05, 3.63) is 39.8 Å². The van der Waals surface area contributed by atoms with Crippen molar-refractivity contribution in [2.75, 3.05) is 23.3 Å². The molecule has 0 bridgehead atoms. The minimum Gasteiger partial charge on any atom is -0.372 e. The maximum absolute atomic E-state index is 12.1. The summed E-state index contributed by atoms with van der Waals surface area (Å²) in [6, 6.07) is 8.03. The van der Waals surface area contributed by atoms with E-state index in [2.05, 4.69) is 48.1 Å². The number of aryl methyl sites for hydroxylation is 3. The molecule has 1 heterocycles. The Labute approximate surface area is 142 Å². The number of carbonyl (C=O) groups is 1. The van der Waals surface area contributed by atoms with Crippen LogP contribution in [-0.2, 0) is 11.2 Å². The standard InChI is InChI=1S/C18H25N3OS/c1-5-21(6-2)16-9-7-15(8-10-16)20-17(22)11-12-18-19-13(3)14(4)23-18/h7-10H,5-6,11-12H2,1-4H3,(H,20,22). The molecule has 1 aromatic carbocycles. The van der Waals surface area contributed by atoms with E-state index in [-0.39, 0.29) is 5.91 Å². The molecule has 0 aliphatic rings. The van der Waals surface area contributed by atoms with Crippen LogP contribution in [0.4, 0.5) is 11.4 Å². The molecule has 2 rings (SSSR count). The Kier molecular flexibility index (Phi) is 6.16. The van der Waals surface area contributed by atoms with E-state index in [0.29, 0.717) is 12.8 Å². The SMILES string of the molecule is CCN(CC)c1ccc(NC(=O)CCc2nc(C)c(C)s2)cc1. The van der Waals surface area contributed by atoms with Gasteiger partial charge < -0.3 is 10.2 Å². The van der Waals surface area contributed by atoms with Crippen molar-refractivity contribution in [3.63, 3.8) is 0 Å². The van der Waals surface area contributed by atoms with E-state index < -0.39 is 0 Å². The second-order valence-electron chi connectivity index (χ2n) is 5.52. The molecule has 0 saturated heterocycles. The van der Waals surface area contributed by atoms with E-state index in [4.69, 9.17) is 0 Å². The van der Waals surface area contributed by atoms with Gasteiger partial charge in [-0.25, -0.2) is 4.98 Å². The normalized spacial score (nSPS) is 10.6. The van der Waals surface area contributed by atoms with E-state index in [1.54, 1.807) is 11.3 Å². The average molecular weight is 331 g/mol. The van der Waals surface area contributed by atoms with Gasteiger partial charge in [0.1, 0.15) is 0 Å². The fourth-order valence-electron chi connectivity index (χ4n) is 2.43. The highest BCUT2D eigenvalue weighted by atomic mass is 32.1. The molecular formula is C18H25N3OS. The third-order valence-corrected chi connectivity index (χ3v) is 5.05. The quantitative estimate of drug-likeness (QED) is 0.828. The van der Waals surface area contributed by atoms with Gasteiger partial charge in [-0.2, -0.15) is 0 Å². The van der Waals surface area contributed by atoms with E-state index in [1.807, 2.05) is 19.1 Å². The lowest BCUT2D eigenvalue weighted by molar-refractivity contribution is -0.116. The molecule has 0 spiro atoms. The molecule has 0 aliphatic carbocycles. The number of carbonyl (C=O) groups excluding carboxylic acids is 1. The molecule has 5 heteroatoms. The summed E-state index contributed by atoms with van der Waals surface area (Å²) in [6.45, 7) is 10.3. The Balaban J connectivity index is 1.87. The molecule has 124 valence electrons. The van der Waals surface area contributed by atoms with Crippen molar-refractivity contribution in [1.82, 2.24) is 4.98 Å². The van der Waals surface area contributed by atoms with Gasteiger partial charge in [-0.15, -0.1) is 11.3 Å². The van der Waals surface area contributed by atoms with Gasteiger partial charge in [0.05, 0.1) is 10.7 Å². The minimum absolute atomic E-state index is 0.0334. The molecular weight excluding hydrogens is 306 g/mol. The maximum Gasteiger partial charge on any atom is 0.224 e. The topological polar surface area (TPSA) is 45.2 Å². The van der Waals surface area contributed by atoms with Gasteiger partial charge in [0.25, 0.3) is 0 Å². The Morgan fingerprint density at radius 1 is 1.17 bits per heavy atom. The van der Waals surface area contributed by atoms with E-state index in [9.17, 15) is 4.79 Å². The number of benzene rings is 1. The van der Waals surface area contributed by atoms with Gasteiger partial charge in [-0.1, -0.05) is 0 Å². The molecule has 4 nitrogen and oxygen atoms in total. The zero-order chi connectivity index (χ0) is 16.8. The Bertz CT molecular complexity index is 625. The van der Waals surface area contributed by atoms with Gasteiger partial charge >= 0.3 is 0 Å². The lowest BCUT2D eigenvalue weighted by atomic mass is 10.2. The van der Waals surface area contributed by atoms with Crippen LogP contribution in [0.1, 0.15) is 35.8 Å². The lowest BCUT2D eigenvalue weighted by Gasteiger charge is -2.21. The van der Waals surface area contributed by atoms with Crippen LogP contribution in [0.25, 0.3) is 0 Å². The van der Waals surface area contributed by atoms with Gasteiger partial charge in [0, 0.05) is 42.2 Å². The van der Waals surface area contributed by atoms with Crippen LogP contribution < -0.4 is 10.2 Å². The maximum atomic E-state index is 12.1. The third-order valence-electron chi connectivity index (χ3n) is 3.92. The minimum atomic E-state index is 0.0334. The average Bonchev–Trinajstić information content (AvgIpc) is 2.87. The van der Waals surface area contributed by atoms with Crippen molar-refractivity contribution in [1.29, 1.82) is 0 Å². The first-order valence-corrected chi connectivity index (χ1v) is 8.92. The largest absolute Gasteiger partial charge is 0.372 e. The monoisotopic (exact) mass is 331 g/mol. The summed E-state index contributed by atoms with van der Waals surface area (Å²) in [7, 11) is 0. The van der Waals surface area contributed by atoms with Crippen molar-refractivity contribution < 1.29 is 4.79 Å². The van der Waals surface area contributed by atoms with Crippen LogP contribution in [0.5, 0.6) is 0 Å². The zero-order valence-electron chi connectivity index (χ0n) is 14.3. The highest BCUT2D eigenvalue weighted by molar-refractivity contribution is 7.11. The summed E-state index contributed by atoms with van der Waals surface area (Å²) in [5.74, 6) is 0.0334. The van der Waals surface area contributed by atoms with Crippen LogP contribution in [0.3, 0.4) is 0 Å². The molecule has 0 saturated carbocycles. The van der Waals surface area contributed by atoms with Gasteiger partial charge in [0.2, 0.25) is 5.91 Å². The van der Waals surface area contributed by atoms with Gasteiger partial charge in [0.15, 0.2) is 0 Å². The second-order valence-corrected chi connectivity index (χ2v) is 6.80. The molecule has 0 aliphatic heterocycles. The van der Waals surface area contributed by atoms with Gasteiger partial charge in [-0.3, -0.25) is 4.79 Å². The fourth-order valence-corrected chi connectivity index (χ4v) is 3.37. The van der Waals surface area contributed by atoms with Crippen LogP contribution in [0.2, 0.25) is 0 Å². The number of nitrogens with zero attached hydrogens (tertiary/aromatic N) is 2. The summed E-state index contributed by atoms with van der Waals surface area (Å²) in [6.07, 6.45) is 1.16. The molecule has 0 fully saturated rings. The number of nitrogens with one attached hydrogen (secondary N) is 1. The highest BCUT2D eigenvalue weighted by Crippen LogP contribution is 2.19. The Hall–Kier alpha value is -1.88. The van der Waals surface area contributed by atoms with Crippen molar-refractivity contribution in [3.8, 4) is 0 Å². The predicted molar refractivity (Wildman–Crippen MR) is 98.5 cm³/mol. The molecule has 0 radical (unpaired) electrons.